The Balaban J connectivity index is 0.724. The number of aromatic nitrogens is 4. The monoisotopic (exact) mass is 851 g/mol. The molecule has 7 heterocycles. The summed E-state index contributed by atoms with van der Waals surface area (Å²) in [4.78, 5) is 83.3. The molecule has 17 heteroatoms. The van der Waals surface area contributed by atoms with Crippen molar-refractivity contribution in [2.75, 3.05) is 69.5 Å². The highest BCUT2D eigenvalue weighted by Gasteiger charge is 2.45. The SMILES string of the molecule is Nc1ncnc2c1c(-c1ccc(Oc3ccccc3)cc1)nn2[C@@H]1CCCN(C(=O)N2CCN(CC3CCN(c4ccc5c(c4)C(=O)N(C4CCC(=O)NC4=O)C5=O)CC3)CC2)C1. The normalized spacial score (nSPS) is 21.3. The third-order valence-corrected chi connectivity index (χ3v) is 13.2. The van der Waals surface area contributed by atoms with Gasteiger partial charge in [0, 0.05) is 76.6 Å². The minimum absolute atomic E-state index is 0.0576. The van der Waals surface area contributed by atoms with Crippen molar-refractivity contribution in [1.82, 2.24) is 44.7 Å². The molecule has 5 aromatic rings. The number of hydrogen-bond acceptors (Lipinski definition) is 12. The summed E-state index contributed by atoms with van der Waals surface area (Å²) in [5, 5.41) is 8.02. The van der Waals surface area contributed by atoms with Crippen molar-refractivity contribution >= 4 is 52.2 Å². The van der Waals surface area contributed by atoms with Gasteiger partial charge >= 0.3 is 6.03 Å². The van der Waals surface area contributed by atoms with Crippen LogP contribution >= 0.6 is 0 Å². The van der Waals surface area contributed by atoms with Crippen LogP contribution in [0.2, 0.25) is 0 Å². The van der Waals surface area contributed by atoms with E-state index in [4.69, 9.17) is 15.6 Å². The van der Waals surface area contributed by atoms with Gasteiger partial charge in [-0.2, -0.15) is 5.10 Å². The Labute approximate surface area is 363 Å². The molecule has 0 aliphatic carbocycles. The van der Waals surface area contributed by atoms with Crippen molar-refractivity contribution in [3.05, 3.63) is 90.3 Å². The average molecular weight is 852 g/mol. The Bertz CT molecular complexity index is 2580. The van der Waals surface area contributed by atoms with E-state index in [-0.39, 0.29) is 30.5 Å². The van der Waals surface area contributed by atoms with Gasteiger partial charge in [0.2, 0.25) is 11.8 Å². The van der Waals surface area contributed by atoms with Crippen molar-refractivity contribution in [3.63, 3.8) is 0 Å². The van der Waals surface area contributed by atoms with Crippen LogP contribution in [0.4, 0.5) is 16.3 Å². The largest absolute Gasteiger partial charge is 0.457 e. The molecular formula is C46H49N11O6. The summed E-state index contributed by atoms with van der Waals surface area (Å²) < 4.78 is 7.94. The molecule has 10 rings (SSSR count). The quantitative estimate of drug-likeness (QED) is 0.207. The number of hydrogen-bond donors (Lipinski definition) is 2. The number of amides is 6. The molecule has 3 aromatic carbocycles. The van der Waals surface area contributed by atoms with Crippen LogP contribution < -0.4 is 20.7 Å². The molecule has 0 saturated carbocycles. The van der Waals surface area contributed by atoms with Gasteiger partial charge in [0.1, 0.15) is 35.4 Å². The van der Waals surface area contributed by atoms with Gasteiger partial charge < -0.3 is 25.2 Å². The molecule has 2 aromatic heterocycles. The van der Waals surface area contributed by atoms with Crippen LogP contribution in [0, 0.1) is 5.92 Å². The Morgan fingerprint density at radius 1 is 0.778 bits per heavy atom. The first kappa shape index (κ1) is 40.2. The van der Waals surface area contributed by atoms with Gasteiger partial charge in [-0.1, -0.05) is 18.2 Å². The number of ether oxygens (including phenoxy) is 1. The van der Waals surface area contributed by atoms with E-state index in [2.05, 4.69) is 25.1 Å². The fourth-order valence-electron chi connectivity index (χ4n) is 9.80. The first-order valence-electron chi connectivity index (χ1n) is 21.9. The molecule has 1 unspecified atom stereocenters. The fraction of sp³-hybridized carbons (Fsp3) is 0.391. The lowest BCUT2D eigenvalue weighted by molar-refractivity contribution is -0.136. The number of piperidine rings is 3. The lowest BCUT2D eigenvalue weighted by Crippen LogP contribution is -2.55. The highest BCUT2D eigenvalue weighted by atomic mass is 16.5. The van der Waals surface area contributed by atoms with Crippen LogP contribution in [0.25, 0.3) is 22.3 Å². The molecule has 17 nitrogen and oxygen atoms in total. The van der Waals surface area contributed by atoms with Crippen molar-refractivity contribution in [2.45, 2.75) is 50.6 Å². The second-order valence-electron chi connectivity index (χ2n) is 17.1. The molecule has 6 amide bonds. The van der Waals surface area contributed by atoms with Gasteiger partial charge in [0.15, 0.2) is 5.65 Å². The van der Waals surface area contributed by atoms with E-state index in [0.717, 1.165) is 80.3 Å². The third kappa shape index (κ3) is 7.81. The topological polar surface area (TPSA) is 192 Å². The average Bonchev–Trinajstić information content (AvgIpc) is 3.82. The number of likely N-dealkylation sites (tertiary alicyclic amines) is 1. The van der Waals surface area contributed by atoms with E-state index in [0.29, 0.717) is 66.0 Å². The number of nitrogen functional groups attached to an aromatic ring is 1. The van der Waals surface area contributed by atoms with E-state index in [9.17, 15) is 24.0 Å². The van der Waals surface area contributed by atoms with Crippen LogP contribution in [0.5, 0.6) is 11.5 Å². The number of nitrogens with one attached hydrogen (secondary N) is 1. The number of carbonyl (C=O) groups is 5. The van der Waals surface area contributed by atoms with Crippen LogP contribution in [-0.4, -0.2) is 134 Å². The number of nitrogens with two attached hydrogens (primary N) is 1. The first-order chi connectivity index (χ1) is 30.7. The van der Waals surface area contributed by atoms with Gasteiger partial charge in [0.05, 0.1) is 22.6 Å². The number of carbonyl (C=O) groups excluding carboxylic acids is 5. The molecule has 63 heavy (non-hydrogen) atoms. The number of piperazine rings is 1. The maximum Gasteiger partial charge on any atom is 0.320 e. The van der Waals surface area contributed by atoms with Crippen molar-refractivity contribution in [2.24, 2.45) is 5.92 Å². The number of imide groups is 2. The molecule has 3 N–H and O–H groups in total. The second-order valence-corrected chi connectivity index (χ2v) is 17.1. The van der Waals surface area contributed by atoms with Crippen LogP contribution in [0.15, 0.2) is 79.1 Å². The Morgan fingerprint density at radius 2 is 1.52 bits per heavy atom. The van der Waals surface area contributed by atoms with Gasteiger partial charge in [-0.05, 0) is 92.6 Å². The summed E-state index contributed by atoms with van der Waals surface area (Å²) in [6.45, 7) is 6.76. The highest BCUT2D eigenvalue weighted by Crippen LogP contribution is 2.36. The summed E-state index contributed by atoms with van der Waals surface area (Å²) in [6.07, 6.45) is 5.34. The molecule has 2 atom stereocenters. The van der Waals surface area contributed by atoms with Gasteiger partial charge in [-0.25, -0.2) is 19.4 Å². The Kier molecular flexibility index (Phi) is 10.7. The van der Waals surface area contributed by atoms with E-state index in [1.807, 2.05) is 75.1 Å². The highest BCUT2D eigenvalue weighted by molar-refractivity contribution is 6.23. The molecule has 5 aliphatic heterocycles. The van der Waals surface area contributed by atoms with Gasteiger partial charge in [0.25, 0.3) is 11.8 Å². The van der Waals surface area contributed by atoms with E-state index in [1.54, 1.807) is 12.1 Å². The number of para-hydroxylation sites is 1. The number of fused-ring (bicyclic) bond motifs is 2. The number of rotatable bonds is 8. The van der Waals surface area contributed by atoms with E-state index < -0.39 is 29.7 Å². The van der Waals surface area contributed by atoms with Gasteiger partial charge in [-0.15, -0.1) is 0 Å². The second kappa shape index (κ2) is 16.8. The zero-order valence-corrected chi connectivity index (χ0v) is 34.9. The Hall–Kier alpha value is -6.88. The van der Waals surface area contributed by atoms with Gasteiger partial charge in [-0.3, -0.25) is 34.3 Å². The lowest BCUT2D eigenvalue weighted by atomic mass is 9.95. The summed E-state index contributed by atoms with van der Waals surface area (Å²) in [5.74, 6) is 0.320. The third-order valence-electron chi connectivity index (χ3n) is 13.2. The number of nitrogens with zero attached hydrogens (tertiary/aromatic N) is 9. The molecule has 4 fully saturated rings. The van der Waals surface area contributed by atoms with Crippen LogP contribution in [0.1, 0.15) is 65.3 Å². The number of urea groups is 1. The zero-order chi connectivity index (χ0) is 43.2. The van der Waals surface area contributed by atoms with E-state index >= 15 is 0 Å². The first-order valence-corrected chi connectivity index (χ1v) is 21.9. The van der Waals surface area contributed by atoms with Crippen molar-refractivity contribution in [1.29, 1.82) is 0 Å². The summed E-state index contributed by atoms with van der Waals surface area (Å²) in [5.41, 5.74) is 10.1. The maximum absolute atomic E-state index is 14.0. The number of anilines is 2. The molecule has 0 bridgehead atoms. The fourth-order valence-corrected chi connectivity index (χ4v) is 9.80. The predicted octanol–water partition coefficient (Wildman–Crippen LogP) is 4.56. The number of benzene rings is 3. The smallest absolute Gasteiger partial charge is 0.320 e. The summed E-state index contributed by atoms with van der Waals surface area (Å²) >= 11 is 0. The van der Waals surface area contributed by atoms with Crippen molar-refractivity contribution < 1.29 is 28.7 Å². The molecule has 0 spiro atoms. The standard InChI is InChI=1S/C46H49N11O6/c47-41-39-40(30-8-11-34(12-9-30)63-33-6-2-1-3-7-33)51-57(42(39)49-28-48-41)32-5-4-18-55(27-32)46(62)54-23-21-52(22-24-54)26-29-16-19-53(20-17-29)31-10-13-35-36(25-31)45(61)56(44(35)60)37-14-15-38(58)50-43(37)59/h1-3,6-13,25,28-29,32,37H,4-5,14-24,26-27H2,(H2,47,48,49)(H,50,58,59)/t32-,37?/m1/s1. The Morgan fingerprint density at radius 3 is 2.29 bits per heavy atom. The molecular weight excluding hydrogens is 803 g/mol. The summed E-state index contributed by atoms with van der Waals surface area (Å²) in [6, 6.07) is 21.7. The molecule has 0 radical (unpaired) electrons. The minimum atomic E-state index is -0.983. The van der Waals surface area contributed by atoms with Crippen molar-refractivity contribution in [3.8, 4) is 22.8 Å². The van der Waals surface area contributed by atoms with E-state index in [1.165, 1.54) is 6.33 Å². The minimum Gasteiger partial charge on any atom is -0.457 e. The predicted molar refractivity (Wildman–Crippen MR) is 233 cm³/mol. The zero-order valence-electron chi connectivity index (χ0n) is 34.9. The van der Waals surface area contributed by atoms with Crippen LogP contribution in [0.3, 0.4) is 0 Å². The van der Waals surface area contributed by atoms with Crippen LogP contribution in [-0.2, 0) is 9.59 Å². The molecule has 324 valence electrons. The maximum atomic E-state index is 14.0. The lowest BCUT2D eigenvalue weighted by Gasteiger charge is -2.41. The molecule has 5 aliphatic rings. The summed E-state index contributed by atoms with van der Waals surface area (Å²) in [7, 11) is 0. The molecule has 4 saturated heterocycles.